The van der Waals surface area contributed by atoms with Crippen LogP contribution in [0.25, 0.3) is 11.3 Å². The van der Waals surface area contributed by atoms with E-state index in [2.05, 4.69) is 38.9 Å². The number of aromatic nitrogens is 1. The van der Waals surface area contributed by atoms with Gasteiger partial charge in [0.05, 0.1) is 22.3 Å². The lowest BCUT2D eigenvalue weighted by Gasteiger charge is -2.69. The Bertz CT molecular complexity index is 1730. The van der Waals surface area contributed by atoms with E-state index in [-0.39, 0.29) is 46.7 Å². The lowest BCUT2D eigenvalue weighted by atomic mass is 9.36. The highest BCUT2D eigenvalue weighted by atomic mass is 35.5. The van der Waals surface area contributed by atoms with Gasteiger partial charge >= 0.3 is 11.9 Å². The third kappa shape index (κ3) is 6.72. The number of allylic oxidation sites excluding steroid dienone is 2. The third-order valence-electron chi connectivity index (χ3n) is 13.7. The van der Waals surface area contributed by atoms with Crippen molar-refractivity contribution in [2.45, 2.75) is 125 Å². The molecule has 8 nitrogen and oxygen atoms in total. The molecule has 1 aromatic carbocycles. The average Bonchev–Trinajstić information content (AvgIpc) is 3.64. The SMILES string of the molecule is CC(=O)O[C@H]1C[C@@]2(C)[C@@H](C[C@@H](O)[C@H]3[C@@]4(C)CC[C@@H](O)[C@@H](C)[C@@H]4CC[C@@]32C)/C1=C(\CCC=C(C)C)C(=O)OCc1cc(-c2ccc(Cl)c(Cl)c2)no1. The lowest BCUT2D eigenvalue weighted by molar-refractivity contribution is -0.234. The summed E-state index contributed by atoms with van der Waals surface area (Å²) in [5, 5.41) is 28.1. The first-order chi connectivity index (χ1) is 24.0. The molecule has 2 aromatic rings. The fourth-order valence-electron chi connectivity index (χ4n) is 11.2. The summed E-state index contributed by atoms with van der Waals surface area (Å²) < 4.78 is 17.6. The van der Waals surface area contributed by atoms with Crippen LogP contribution in [-0.4, -0.2) is 45.6 Å². The average molecular weight is 743 g/mol. The van der Waals surface area contributed by atoms with E-state index < -0.39 is 24.1 Å². The molecule has 4 fully saturated rings. The summed E-state index contributed by atoms with van der Waals surface area (Å²) in [7, 11) is 0. The van der Waals surface area contributed by atoms with Crippen LogP contribution in [0.2, 0.25) is 10.0 Å². The van der Waals surface area contributed by atoms with Crippen molar-refractivity contribution in [3.8, 4) is 11.3 Å². The van der Waals surface area contributed by atoms with Gasteiger partial charge < -0.3 is 24.2 Å². The summed E-state index contributed by atoms with van der Waals surface area (Å²) in [6, 6.07) is 6.88. The molecule has 0 amide bonds. The normalized spacial score (nSPS) is 36.7. The maximum Gasteiger partial charge on any atom is 0.334 e. The number of hydrogen-bond acceptors (Lipinski definition) is 8. The van der Waals surface area contributed by atoms with Crippen molar-refractivity contribution >= 4 is 35.1 Å². The number of rotatable bonds is 8. The van der Waals surface area contributed by atoms with E-state index in [9.17, 15) is 19.8 Å². The monoisotopic (exact) mass is 741 g/mol. The molecule has 51 heavy (non-hydrogen) atoms. The van der Waals surface area contributed by atoms with E-state index in [0.717, 1.165) is 36.8 Å². The predicted octanol–water partition coefficient (Wildman–Crippen LogP) is 9.29. The minimum absolute atomic E-state index is 0.00882. The van der Waals surface area contributed by atoms with Gasteiger partial charge in [0.25, 0.3) is 0 Å². The van der Waals surface area contributed by atoms with Gasteiger partial charge in [-0.3, -0.25) is 4.79 Å². The molecule has 0 unspecified atom stereocenters. The Balaban J connectivity index is 1.36. The molecule has 4 aliphatic rings. The summed E-state index contributed by atoms with van der Waals surface area (Å²) in [5.41, 5.74) is 2.88. The van der Waals surface area contributed by atoms with Crippen LogP contribution in [0.4, 0.5) is 0 Å². The van der Waals surface area contributed by atoms with Gasteiger partial charge in [-0.05, 0) is 123 Å². The van der Waals surface area contributed by atoms with Crippen molar-refractivity contribution in [1.29, 1.82) is 0 Å². The van der Waals surface area contributed by atoms with Gasteiger partial charge in [-0.15, -0.1) is 0 Å². The molecular formula is C41H53Cl2NO7. The number of benzene rings is 1. The molecule has 6 rings (SSSR count). The van der Waals surface area contributed by atoms with E-state index >= 15 is 0 Å². The standard InChI is InChI=1S/C41H53Cl2NO7/c1-22(2)9-8-10-27(38(48)49-21-26-18-32(44-51-26)25-11-12-30(42)31(43)17-25)36-29-19-34(47)37-39(5)15-14-33(46)23(3)28(39)13-16-40(37,6)41(29,7)20-35(36)50-24(4)45/h9,11-12,17-18,23,28-29,33-35,37,46-47H,8,10,13-16,19-21H2,1-7H3/b36-27-/t23-,28-,29-,33+,34+,35-,37-,39-,40-,41-/m0/s1. The number of nitrogens with zero attached hydrogens (tertiary/aromatic N) is 1. The highest BCUT2D eigenvalue weighted by molar-refractivity contribution is 6.42. The Morgan fingerprint density at radius 3 is 2.45 bits per heavy atom. The molecule has 2 N–H and O–H groups in total. The predicted molar refractivity (Wildman–Crippen MR) is 197 cm³/mol. The minimum atomic E-state index is -0.613. The van der Waals surface area contributed by atoms with Crippen LogP contribution in [0, 0.1) is 39.9 Å². The van der Waals surface area contributed by atoms with Gasteiger partial charge in [0.2, 0.25) is 0 Å². The van der Waals surface area contributed by atoms with Crippen LogP contribution in [0.15, 0.2) is 51.6 Å². The van der Waals surface area contributed by atoms with E-state index in [1.807, 2.05) is 13.8 Å². The third-order valence-corrected chi connectivity index (χ3v) is 14.4. The fourth-order valence-corrected chi connectivity index (χ4v) is 11.5. The van der Waals surface area contributed by atoms with Gasteiger partial charge in [0.15, 0.2) is 12.4 Å². The molecule has 0 bridgehead atoms. The number of aliphatic hydroxyl groups excluding tert-OH is 2. The molecule has 0 aliphatic heterocycles. The van der Waals surface area contributed by atoms with Crippen LogP contribution in [0.1, 0.15) is 106 Å². The number of fused-ring (bicyclic) bond motifs is 5. The number of ether oxygens (including phenoxy) is 2. The van der Waals surface area contributed by atoms with Crippen LogP contribution in [0.5, 0.6) is 0 Å². The van der Waals surface area contributed by atoms with Gasteiger partial charge in [-0.1, -0.05) is 73.8 Å². The topological polar surface area (TPSA) is 119 Å². The number of aliphatic hydroxyl groups is 2. The molecule has 1 aromatic heterocycles. The fraction of sp³-hybridized carbons (Fsp3) is 0.634. The van der Waals surface area contributed by atoms with Gasteiger partial charge in [-0.2, -0.15) is 0 Å². The van der Waals surface area contributed by atoms with Crippen molar-refractivity contribution in [1.82, 2.24) is 5.16 Å². The van der Waals surface area contributed by atoms with Crippen LogP contribution in [-0.2, 0) is 25.7 Å². The van der Waals surface area contributed by atoms with Crippen molar-refractivity contribution in [3.05, 3.63) is 62.9 Å². The summed E-state index contributed by atoms with van der Waals surface area (Å²) in [6.07, 6.45) is 6.05. The second-order valence-electron chi connectivity index (χ2n) is 16.7. The van der Waals surface area contributed by atoms with Gasteiger partial charge in [-0.25, -0.2) is 4.79 Å². The molecular weight excluding hydrogens is 689 g/mol. The van der Waals surface area contributed by atoms with Crippen molar-refractivity contribution in [2.24, 2.45) is 39.9 Å². The Kier molecular flexibility index (Phi) is 10.7. The van der Waals surface area contributed by atoms with E-state index in [1.54, 1.807) is 24.3 Å². The Hall–Kier alpha value is -2.65. The van der Waals surface area contributed by atoms with Crippen LogP contribution in [0.3, 0.4) is 0 Å². The zero-order chi connectivity index (χ0) is 37.0. The molecule has 4 saturated carbocycles. The molecule has 10 heteroatoms. The molecule has 4 aliphatic carbocycles. The van der Waals surface area contributed by atoms with E-state index in [1.165, 1.54) is 6.92 Å². The molecule has 10 atom stereocenters. The molecule has 0 spiro atoms. The molecule has 1 heterocycles. The first-order valence-corrected chi connectivity index (χ1v) is 19.2. The Labute approximate surface area is 311 Å². The van der Waals surface area contributed by atoms with Crippen LogP contribution < -0.4 is 0 Å². The first-order valence-electron chi connectivity index (χ1n) is 18.5. The summed E-state index contributed by atoms with van der Waals surface area (Å²) >= 11 is 12.3. The number of hydrogen-bond donors (Lipinski definition) is 2. The Morgan fingerprint density at radius 1 is 1.02 bits per heavy atom. The summed E-state index contributed by atoms with van der Waals surface area (Å²) in [5.74, 6) is -0.224. The zero-order valence-electron chi connectivity index (χ0n) is 30.9. The number of halogens is 2. The second-order valence-corrected chi connectivity index (χ2v) is 17.5. The van der Waals surface area contributed by atoms with Crippen molar-refractivity contribution in [3.63, 3.8) is 0 Å². The van der Waals surface area contributed by atoms with Crippen LogP contribution >= 0.6 is 23.2 Å². The smallest absolute Gasteiger partial charge is 0.334 e. The lowest BCUT2D eigenvalue weighted by Crippen LogP contribution is -2.65. The molecule has 0 radical (unpaired) electrons. The van der Waals surface area contributed by atoms with E-state index in [4.69, 9.17) is 37.2 Å². The number of carbonyl (C=O) groups is 2. The minimum Gasteiger partial charge on any atom is -0.458 e. The van der Waals surface area contributed by atoms with Crippen molar-refractivity contribution in [2.75, 3.05) is 0 Å². The summed E-state index contributed by atoms with van der Waals surface area (Å²) in [4.78, 5) is 27.0. The maximum atomic E-state index is 14.3. The largest absolute Gasteiger partial charge is 0.458 e. The highest BCUT2D eigenvalue weighted by Gasteiger charge is 2.70. The number of carbonyl (C=O) groups excluding carboxylic acids is 2. The first kappa shape index (κ1) is 38.1. The molecule has 278 valence electrons. The quantitative estimate of drug-likeness (QED) is 0.156. The zero-order valence-corrected chi connectivity index (χ0v) is 32.4. The second kappa shape index (κ2) is 14.3. The van der Waals surface area contributed by atoms with E-state index in [0.29, 0.717) is 64.2 Å². The van der Waals surface area contributed by atoms with Gasteiger partial charge in [0, 0.05) is 24.1 Å². The Morgan fingerprint density at radius 2 is 1.76 bits per heavy atom. The number of esters is 2. The summed E-state index contributed by atoms with van der Waals surface area (Å²) in [6.45, 7) is 14.4. The maximum absolute atomic E-state index is 14.3. The highest BCUT2D eigenvalue weighted by Crippen LogP contribution is 2.74. The van der Waals surface area contributed by atoms with Gasteiger partial charge in [0.1, 0.15) is 11.8 Å². The molecule has 0 saturated heterocycles. The van der Waals surface area contributed by atoms with Crippen molar-refractivity contribution < 1.29 is 33.8 Å².